The van der Waals surface area contributed by atoms with Crippen LogP contribution in [0.15, 0.2) is 72.3 Å². The second kappa shape index (κ2) is 10.6. The van der Waals surface area contributed by atoms with Gasteiger partial charge in [0.1, 0.15) is 12.2 Å². The van der Waals surface area contributed by atoms with E-state index in [1.54, 1.807) is 37.3 Å². The summed E-state index contributed by atoms with van der Waals surface area (Å²) in [5.74, 6) is -1.39. The number of para-hydroxylation sites is 1. The molecule has 0 aliphatic carbocycles. The van der Waals surface area contributed by atoms with E-state index in [9.17, 15) is 29.8 Å². The lowest BCUT2D eigenvalue weighted by molar-refractivity contribution is -0.386. The minimum absolute atomic E-state index is 0.0382. The number of nitro groups is 2. The number of rotatable bonds is 9. The van der Waals surface area contributed by atoms with Gasteiger partial charge in [-0.2, -0.15) is 0 Å². The van der Waals surface area contributed by atoms with E-state index < -0.39 is 27.3 Å². The van der Waals surface area contributed by atoms with Crippen LogP contribution in [-0.2, 0) is 16.2 Å². The zero-order valence-corrected chi connectivity index (χ0v) is 19.5. The number of amides is 2. The highest BCUT2D eigenvalue weighted by Crippen LogP contribution is 2.40. The Morgan fingerprint density at radius 3 is 2.27 bits per heavy atom. The fraction of sp³-hybridized carbons (Fsp3) is 0.120. The van der Waals surface area contributed by atoms with Gasteiger partial charge < -0.3 is 9.47 Å². The number of nitrogens with one attached hydrogen (secondary N) is 1. The summed E-state index contributed by atoms with van der Waals surface area (Å²) in [4.78, 5) is 46.9. The molecule has 37 heavy (non-hydrogen) atoms. The maximum atomic E-state index is 12.9. The molecule has 0 saturated carbocycles. The van der Waals surface area contributed by atoms with Crippen LogP contribution in [0.25, 0.3) is 6.08 Å². The highest BCUT2D eigenvalue weighted by molar-refractivity contribution is 6.31. The molecule has 0 unspecified atom stereocenters. The number of nitrogens with zero attached hydrogens (tertiary/aromatic N) is 3. The highest BCUT2D eigenvalue weighted by atomic mass is 16.6. The van der Waals surface area contributed by atoms with Crippen molar-refractivity contribution in [2.45, 2.75) is 13.5 Å². The minimum atomic E-state index is -0.664. The molecule has 1 heterocycles. The summed E-state index contributed by atoms with van der Waals surface area (Å²) in [6.45, 7) is 1.72. The van der Waals surface area contributed by atoms with Crippen molar-refractivity contribution in [3.63, 3.8) is 0 Å². The lowest BCUT2D eigenvalue weighted by atomic mass is 10.1. The predicted octanol–water partition coefficient (Wildman–Crippen LogP) is 3.94. The summed E-state index contributed by atoms with van der Waals surface area (Å²) in [5.41, 5.74) is 2.92. The summed E-state index contributed by atoms with van der Waals surface area (Å²) in [7, 11) is 0. The van der Waals surface area contributed by atoms with Gasteiger partial charge in [-0.3, -0.25) is 35.2 Å². The molecule has 12 heteroatoms. The molecule has 4 rings (SSSR count). The molecule has 1 aliphatic rings. The number of ether oxygens (including phenoxy) is 2. The van der Waals surface area contributed by atoms with Gasteiger partial charge in [0.2, 0.25) is 5.75 Å². The normalized spacial score (nSPS) is 14.0. The second-order valence-corrected chi connectivity index (χ2v) is 7.74. The van der Waals surface area contributed by atoms with Crippen LogP contribution < -0.4 is 19.9 Å². The second-order valence-electron chi connectivity index (χ2n) is 7.74. The molecular formula is C25H20N4O8. The molecule has 0 bridgehead atoms. The molecular weight excluding hydrogens is 484 g/mol. The number of hydrazine groups is 1. The van der Waals surface area contributed by atoms with Crippen molar-refractivity contribution < 1.29 is 28.9 Å². The van der Waals surface area contributed by atoms with Crippen molar-refractivity contribution in [1.29, 1.82) is 0 Å². The van der Waals surface area contributed by atoms with Gasteiger partial charge in [-0.25, -0.2) is 5.01 Å². The fourth-order valence-corrected chi connectivity index (χ4v) is 3.59. The van der Waals surface area contributed by atoms with E-state index in [-0.39, 0.29) is 41.5 Å². The molecule has 3 aromatic rings. The zero-order chi connectivity index (χ0) is 26.5. The van der Waals surface area contributed by atoms with E-state index in [0.29, 0.717) is 11.3 Å². The molecule has 188 valence electrons. The Morgan fingerprint density at radius 2 is 1.65 bits per heavy atom. The maximum absolute atomic E-state index is 12.9. The first-order chi connectivity index (χ1) is 17.8. The van der Waals surface area contributed by atoms with Gasteiger partial charge >= 0.3 is 5.69 Å². The smallest absolute Gasteiger partial charge is 0.315 e. The van der Waals surface area contributed by atoms with Crippen molar-refractivity contribution in [3.05, 3.63) is 104 Å². The number of benzene rings is 3. The first-order valence-corrected chi connectivity index (χ1v) is 11.0. The van der Waals surface area contributed by atoms with E-state index in [1.807, 2.05) is 0 Å². The van der Waals surface area contributed by atoms with Gasteiger partial charge in [-0.15, -0.1) is 0 Å². The third-order valence-electron chi connectivity index (χ3n) is 5.30. The van der Waals surface area contributed by atoms with E-state index >= 15 is 0 Å². The van der Waals surface area contributed by atoms with Crippen molar-refractivity contribution in [2.75, 3.05) is 11.6 Å². The Labute approximate surface area is 210 Å². The first-order valence-electron chi connectivity index (χ1n) is 11.0. The molecule has 0 spiro atoms. The predicted molar refractivity (Wildman–Crippen MR) is 132 cm³/mol. The topological polar surface area (TPSA) is 154 Å². The van der Waals surface area contributed by atoms with Gasteiger partial charge in [0, 0.05) is 18.2 Å². The third kappa shape index (κ3) is 5.37. The molecule has 1 N–H and O–H groups in total. The van der Waals surface area contributed by atoms with Crippen molar-refractivity contribution >= 4 is 35.0 Å². The van der Waals surface area contributed by atoms with Crippen LogP contribution in [0.2, 0.25) is 0 Å². The van der Waals surface area contributed by atoms with E-state index in [1.165, 1.54) is 42.5 Å². The lowest BCUT2D eigenvalue weighted by Gasteiger charge is -2.14. The maximum Gasteiger partial charge on any atom is 0.315 e. The number of hydrogen-bond acceptors (Lipinski definition) is 8. The SMILES string of the molecule is CCOc1cc(/C=C2/C(=O)NN(c3ccccc3)C2=O)cc([N+](=O)[O-])c1OCc1ccc([N+](=O)[O-])cc1. The average Bonchev–Trinajstić information content (AvgIpc) is 3.17. The van der Waals surface area contributed by atoms with Crippen LogP contribution >= 0.6 is 0 Å². The quantitative estimate of drug-likeness (QED) is 0.199. The van der Waals surface area contributed by atoms with E-state index in [4.69, 9.17) is 9.47 Å². The van der Waals surface area contributed by atoms with Gasteiger partial charge in [-0.05, 0) is 54.5 Å². The largest absolute Gasteiger partial charge is 0.490 e. The number of non-ortho nitro benzene ring substituents is 1. The molecule has 1 aliphatic heterocycles. The van der Waals surface area contributed by atoms with Crippen molar-refractivity contribution in [1.82, 2.24) is 5.43 Å². The lowest BCUT2D eigenvalue weighted by Crippen LogP contribution is -2.35. The number of anilines is 1. The van der Waals surface area contributed by atoms with Crippen molar-refractivity contribution in [2.24, 2.45) is 0 Å². The van der Waals surface area contributed by atoms with Gasteiger partial charge in [0.25, 0.3) is 17.5 Å². The Balaban J connectivity index is 1.66. The molecule has 0 atom stereocenters. The molecule has 1 fully saturated rings. The van der Waals surface area contributed by atoms with E-state index in [0.717, 1.165) is 5.01 Å². The summed E-state index contributed by atoms with van der Waals surface area (Å²) in [5, 5.41) is 23.8. The molecule has 12 nitrogen and oxygen atoms in total. The zero-order valence-electron chi connectivity index (χ0n) is 19.5. The number of carbonyl (C=O) groups excluding carboxylic acids is 2. The fourth-order valence-electron chi connectivity index (χ4n) is 3.59. The van der Waals surface area contributed by atoms with Crippen LogP contribution in [0.1, 0.15) is 18.1 Å². The van der Waals surface area contributed by atoms with Crippen molar-refractivity contribution in [3.8, 4) is 11.5 Å². The van der Waals surface area contributed by atoms with Crippen LogP contribution in [0.4, 0.5) is 17.1 Å². The molecule has 2 amide bonds. The van der Waals surface area contributed by atoms with Crippen LogP contribution in [0.3, 0.4) is 0 Å². The standard InChI is InChI=1S/C25H20N4O8/c1-2-36-22-14-17(12-20-24(30)26-27(25(20)31)18-6-4-3-5-7-18)13-21(29(34)35)23(22)37-15-16-8-10-19(11-9-16)28(32)33/h3-14H,2,15H2,1H3,(H,26,30)/b20-12-. The first kappa shape index (κ1) is 24.9. The summed E-state index contributed by atoms with van der Waals surface area (Å²) >= 11 is 0. The van der Waals surface area contributed by atoms with E-state index in [2.05, 4.69) is 5.43 Å². The summed E-state index contributed by atoms with van der Waals surface area (Å²) < 4.78 is 11.3. The monoisotopic (exact) mass is 504 g/mol. The number of hydrogen-bond donors (Lipinski definition) is 1. The minimum Gasteiger partial charge on any atom is -0.490 e. The Kier molecular flexibility index (Phi) is 7.09. The Bertz CT molecular complexity index is 1400. The third-order valence-corrected chi connectivity index (χ3v) is 5.30. The number of nitro benzene ring substituents is 2. The highest BCUT2D eigenvalue weighted by Gasteiger charge is 2.35. The average molecular weight is 504 g/mol. The molecule has 3 aromatic carbocycles. The molecule has 0 radical (unpaired) electrons. The van der Waals surface area contributed by atoms with Gasteiger partial charge in [-0.1, -0.05) is 18.2 Å². The van der Waals surface area contributed by atoms with Gasteiger partial charge in [0.15, 0.2) is 5.75 Å². The molecule has 0 aromatic heterocycles. The van der Waals surface area contributed by atoms with Crippen LogP contribution in [-0.4, -0.2) is 28.3 Å². The summed E-state index contributed by atoms with van der Waals surface area (Å²) in [6.07, 6.45) is 1.25. The van der Waals surface area contributed by atoms with Gasteiger partial charge in [0.05, 0.1) is 22.1 Å². The summed E-state index contributed by atoms with van der Waals surface area (Å²) in [6, 6.07) is 16.6. The Hall–Kier alpha value is -5.26. The Morgan fingerprint density at radius 1 is 0.946 bits per heavy atom. The van der Waals surface area contributed by atoms with Crippen LogP contribution in [0.5, 0.6) is 11.5 Å². The van der Waals surface area contributed by atoms with Crippen LogP contribution in [0, 0.1) is 20.2 Å². The molecule has 1 saturated heterocycles. The number of carbonyl (C=O) groups is 2.